The molecule has 0 radical (unpaired) electrons. The van der Waals surface area contributed by atoms with Crippen molar-refractivity contribution in [1.82, 2.24) is 4.98 Å². The van der Waals surface area contributed by atoms with Crippen molar-refractivity contribution < 1.29 is 18.3 Å². The number of hydrogen-bond acceptors (Lipinski definition) is 6. The fourth-order valence-electron chi connectivity index (χ4n) is 2.41. The molecule has 2 aromatic carbocycles. The molecule has 0 N–H and O–H groups in total. The molecule has 1 heterocycles. The number of benzene rings is 2. The van der Waals surface area contributed by atoms with Crippen LogP contribution in [-0.2, 0) is 13.6 Å². The zero-order valence-electron chi connectivity index (χ0n) is 14.2. The van der Waals surface area contributed by atoms with E-state index in [1.807, 2.05) is 48.5 Å². The van der Waals surface area contributed by atoms with E-state index in [2.05, 4.69) is 4.98 Å². The third kappa shape index (κ3) is 4.28. The molecule has 0 spiro atoms. The molecule has 0 amide bonds. The number of para-hydroxylation sites is 2. The van der Waals surface area contributed by atoms with Gasteiger partial charge in [0, 0.05) is 0 Å². The molecule has 7 heteroatoms. The second-order valence-electron chi connectivity index (χ2n) is 5.20. The van der Waals surface area contributed by atoms with Crippen molar-refractivity contribution in [3.63, 3.8) is 0 Å². The third-order valence-electron chi connectivity index (χ3n) is 3.44. The van der Waals surface area contributed by atoms with Crippen LogP contribution in [0.15, 0.2) is 48.5 Å². The predicted molar refractivity (Wildman–Crippen MR) is 101 cm³/mol. The lowest BCUT2D eigenvalue weighted by Gasteiger charge is -2.18. The first-order valence-corrected chi connectivity index (χ1v) is 10.7. The SMILES string of the molecule is CCOP(=O)(COc1ccccc1-c1nc2ccccc2s1)OCC. The summed E-state index contributed by atoms with van der Waals surface area (Å²) in [4.78, 5) is 4.67. The van der Waals surface area contributed by atoms with Gasteiger partial charge in [-0.2, -0.15) is 0 Å². The van der Waals surface area contributed by atoms with E-state index in [-0.39, 0.29) is 6.35 Å². The maximum atomic E-state index is 12.6. The Morgan fingerprint density at radius 1 is 1.00 bits per heavy atom. The second kappa shape index (κ2) is 8.11. The molecule has 3 rings (SSSR count). The fraction of sp³-hybridized carbons (Fsp3) is 0.278. The number of hydrogen-bond donors (Lipinski definition) is 0. The van der Waals surface area contributed by atoms with Crippen LogP contribution in [0.1, 0.15) is 13.8 Å². The molecule has 0 aliphatic rings. The van der Waals surface area contributed by atoms with Crippen LogP contribution in [0.2, 0.25) is 0 Å². The zero-order chi connectivity index (χ0) is 17.7. The monoisotopic (exact) mass is 377 g/mol. The van der Waals surface area contributed by atoms with Crippen molar-refractivity contribution >= 4 is 29.1 Å². The number of fused-ring (bicyclic) bond motifs is 1. The van der Waals surface area contributed by atoms with Gasteiger partial charge in [-0.1, -0.05) is 24.3 Å². The first kappa shape index (κ1) is 18.1. The van der Waals surface area contributed by atoms with E-state index >= 15 is 0 Å². The van der Waals surface area contributed by atoms with Crippen LogP contribution in [0.3, 0.4) is 0 Å². The molecule has 0 fully saturated rings. The van der Waals surface area contributed by atoms with E-state index in [1.54, 1.807) is 25.2 Å². The topological polar surface area (TPSA) is 57.7 Å². The van der Waals surface area contributed by atoms with Crippen molar-refractivity contribution in [2.75, 3.05) is 19.6 Å². The highest BCUT2D eigenvalue weighted by Crippen LogP contribution is 2.48. The van der Waals surface area contributed by atoms with Gasteiger partial charge in [-0.3, -0.25) is 4.57 Å². The predicted octanol–water partition coefficient (Wildman–Crippen LogP) is 5.57. The average Bonchev–Trinajstić information content (AvgIpc) is 3.05. The molecule has 5 nitrogen and oxygen atoms in total. The van der Waals surface area contributed by atoms with E-state index in [4.69, 9.17) is 13.8 Å². The zero-order valence-corrected chi connectivity index (χ0v) is 15.9. The molecule has 0 saturated heterocycles. The van der Waals surface area contributed by atoms with Gasteiger partial charge in [0.1, 0.15) is 10.8 Å². The van der Waals surface area contributed by atoms with E-state index in [1.165, 1.54) is 0 Å². The molecule has 0 aliphatic heterocycles. The van der Waals surface area contributed by atoms with Gasteiger partial charge >= 0.3 is 7.60 Å². The highest BCUT2D eigenvalue weighted by atomic mass is 32.1. The normalized spacial score (nSPS) is 11.8. The summed E-state index contributed by atoms with van der Waals surface area (Å²) < 4.78 is 30.1. The highest BCUT2D eigenvalue weighted by Gasteiger charge is 2.25. The first-order chi connectivity index (χ1) is 12.1. The van der Waals surface area contributed by atoms with Gasteiger partial charge in [0.2, 0.25) is 0 Å². The van der Waals surface area contributed by atoms with E-state index < -0.39 is 7.60 Å². The van der Waals surface area contributed by atoms with Crippen LogP contribution in [0.5, 0.6) is 5.75 Å². The summed E-state index contributed by atoms with van der Waals surface area (Å²) in [6, 6.07) is 15.6. The van der Waals surface area contributed by atoms with Crippen LogP contribution in [0, 0.1) is 0 Å². The number of ether oxygens (including phenoxy) is 1. The van der Waals surface area contributed by atoms with Crippen molar-refractivity contribution in [3.8, 4) is 16.3 Å². The van der Waals surface area contributed by atoms with Gasteiger partial charge in [0.05, 0.1) is 29.0 Å². The molecule has 25 heavy (non-hydrogen) atoms. The van der Waals surface area contributed by atoms with Crippen LogP contribution in [0.4, 0.5) is 0 Å². The summed E-state index contributed by atoms with van der Waals surface area (Å²) in [5.74, 6) is 0.612. The Labute approximate surface area is 151 Å². The summed E-state index contributed by atoms with van der Waals surface area (Å²) in [6.45, 7) is 4.17. The standard InChI is InChI=1S/C18H20NO4PS/c1-3-22-24(20,23-4-2)13-21-16-11-7-5-9-14(16)18-19-15-10-6-8-12-17(15)25-18/h5-12H,3-4,13H2,1-2H3. The minimum atomic E-state index is -3.26. The van der Waals surface area contributed by atoms with Gasteiger partial charge in [-0.05, 0) is 38.1 Å². The quantitative estimate of drug-likeness (QED) is 0.481. The maximum Gasteiger partial charge on any atom is 0.367 e. The largest absolute Gasteiger partial charge is 0.480 e. The molecule has 0 atom stereocenters. The Morgan fingerprint density at radius 2 is 1.68 bits per heavy atom. The second-order valence-corrected chi connectivity index (χ2v) is 8.23. The third-order valence-corrected chi connectivity index (χ3v) is 6.26. The smallest absolute Gasteiger partial charge is 0.367 e. The maximum absolute atomic E-state index is 12.6. The summed E-state index contributed by atoms with van der Waals surface area (Å²) in [5.41, 5.74) is 1.81. The lowest BCUT2D eigenvalue weighted by atomic mass is 10.2. The molecule has 0 bridgehead atoms. The Balaban J connectivity index is 1.87. The minimum Gasteiger partial charge on any atom is -0.480 e. The average molecular weight is 377 g/mol. The van der Waals surface area contributed by atoms with E-state index in [0.717, 1.165) is 20.8 Å². The van der Waals surface area contributed by atoms with Crippen LogP contribution in [-0.4, -0.2) is 24.5 Å². The van der Waals surface area contributed by atoms with Crippen molar-refractivity contribution in [2.45, 2.75) is 13.8 Å². The van der Waals surface area contributed by atoms with Gasteiger partial charge < -0.3 is 13.8 Å². The molecule has 132 valence electrons. The molecule has 0 aliphatic carbocycles. The first-order valence-electron chi connectivity index (χ1n) is 8.11. The van der Waals surface area contributed by atoms with Crippen molar-refractivity contribution in [1.29, 1.82) is 0 Å². The highest BCUT2D eigenvalue weighted by molar-refractivity contribution is 7.53. The Kier molecular flexibility index (Phi) is 5.86. The van der Waals surface area contributed by atoms with Crippen LogP contribution < -0.4 is 4.74 Å². The van der Waals surface area contributed by atoms with Gasteiger partial charge in [-0.15, -0.1) is 11.3 Å². The Bertz CT molecular complexity index is 852. The Morgan fingerprint density at radius 3 is 2.40 bits per heavy atom. The molecule has 0 unspecified atom stereocenters. The van der Waals surface area contributed by atoms with E-state index in [0.29, 0.717) is 19.0 Å². The molecular formula is C18H20NO4PS. The van der Waals surface area contributed by atoms with E-state index in [9.17, 15) is 4.57 Å². The van der Waals surface area contributed by atoms with Gasteiger partial charge in [0.25, 0.3) is 0 Å². The number of rotatable bonds is 8. The van der Waals surface area contributed by atoms with Crippen LogP contribution >= 0.6 is 18.9 Å². The molecule has 3 aromatic rings. The summed E-state index contributed by atoms with van der Waals surface area (Å²) in [7, 11) is -3.26. The molecule has 0 saturated carbocycles. The van der Waals surface area contributed by atoms with Crippen molar-refractivity contribution in [2.24, 2.45) is 0 Å². The number of nitrogens with zero attached hydrogens (tertiary/aromatic N) is 1. The molecule has 1 aromatic heterocycles. The van der Waals surface area contributed by atoms with Crippen LogP contribution in [0.25, 0.3) is 20.8 Å². The fourth-order valence-corrected chi connectivity index (χ4v) is 4.71. The van der Waals surface area contributed by atoms with Gasteiger partial charge in [0.15, 0.2) is 6.35 Å². The van der Waals surface area contributed by atoms with Gasteiger partial charge in [-0.25, -0.2) is 4.98 Å². The summed E-state index contributed by atoms with van der Waals surface area (Å²) >= 11 is 1.60. The lowest BCUT2D eigenvalue weighted by Crippen LogP contribution is -2.06. The number of aromatic nitrogens is 1. The summed E-state index contributed by atoms with van der Waals surface area (Å²) in [5, 5.41) is 0.861. The van der Waals surface area contributed by atoms with Crippen molar-refractivity contribution in [3.05, 3.63) is 48.5 Å². The summed E-state index contributed by atoms with van der Waals surface area (Å²) in [6.07, 6.45) is -0.128. The number of thiazole rings is 1. The molecular weight excluding hydrogens is 357 g/mol. The minimum absolute atomic E-state index is 0.128. The lowest BCUT2D eigenvalue weighted by molar-refractivity contribution is 0.197. The Hall–Kier alpha value is -1.72.